The number of ether oxygens (including phenoxy) is 1. The summed E-state index contributed by atoms with van der Waals surface area (Å²) in [6, 6.07) is 14.5. The molecular weight excluding hydrogens is 334 g/mol. The third-order valence-corrected chi connectivity index (χ3v) is 5.71. The molecule has 0 spiro atoms. The minimum atomic E-state index is -1.19. The third-order valence-electron chi connectivity index (χ3n) is 4.05. The van der Waals surface area contributed by atoms with E-state index in [9.17, 15) is 9.00 Å². The minimum Gasteiger partial charge on any atom is -0.469 e. The Labute approximate surface area is 152 Å². The zero-order valence-electron chi connectivity index (χ0n) is 15.4. The molecule has 0 aliphatic heterocycles. The number of fused-ring (bicyclic) bond motifs is 1. The van der Waals surface area contributed by atoms with Gasteiger partial charge in [0.1, 0.15) is 0 Å². The van der Waals surface area contributed by atoms with Gasteiger partial charge in [0.25, 0.3) is 0 Å². The molecule has 0 heterocycles. The molecule has 5 heteroatoms. The monoisotopic (exact) mass is 361 g/mol. The summed E-state index contributed by atoms with van der Waals surface area (Å²) in [4.78, 5) is 11.5. The van der Waals surface area contributed by atoms with Gasteiger partial charge in [0.2, 0.25) is 0 Å². The predicted octanol–water partition coefficient (Wildman–Crippen LogP) is 3.76. The molecule has 2 aromatic rings. The molecule has 0 bridgehead atoms. The SMILES string of the molecule is COC(=O)CCC(Cc1ccc2ccccc2c1)NS(=O)C(C)(C)C. The van der Waals surface area contributed by atoms with E-state index < -0.39 is 11.0 Å². The lowest BCUT2D eigenvalue weighted by Crippen LogP contribution is -2.41. The van der Waals surface area contributed by atoms with Crippen molar-refractivity contribution in [1.29, 1.82) is 0 Å². The average molecular weight is 362 g/mol. The molecule has 1 N–H and O–H groups in total. The highest BCUT2D eigenvalue weighted by Gasteiger charge is 2.23. The lowest BCUT2D eigenvalue weighted by molar-refractivity contribution is -0.140. The maximum absolute atomic E-state index is 12.5. The van der Waals surface area contributed by atoms with Gasteiger partial charge in [0, 0.05) is 12.5 Å². The Kier molecular flexibility index (Phi) is 6.73. The summed E-state index contributed by atoms with van der Waals surface area (Å²) in [5, 5.41) is 2.38. The Hall–Kier alpha value is -1.72. The third kappa shape index (κ3) is 5.94. The van der Waals surface area contributed by atoms with Gasteiger partial charge in [0.05, 0.1) is 22.8 Å². The van der Waals surface area contributed by atoms with Crippen LogP contribution in [0.25, 0.3) is 10.8 Å². The number of methoxy groups -OCH3 is 1. The van der Waals surface area contributed by atoms with Gasteiger partial charge in [0.15, 0.2) is 0 Å². The molecule has 136 valence electrons. The summed E-state index contributed by atoms with van der Waals surface area (Å²) in [6.07, 6.45) is 1.61. The standard InChI is InChI=1S/C20H27NO3S/c1-20(2,3)25(23)21-18(11-12-19(22)24-4)14-15-9-10-16-7-5-6-8-17(16)13-15/h5-10,13,18,21H,11-12,14H2,1-4H3. The highest BCUT2D eigenvalue weighted by Crippen LogP contribution is 2.19. The van der Waals surface area contributed by atoms with E-state index in [-0.39, 0.29) is 16.8 Å². The van der Waals surface area contributed by atoms with Crippen molar-refractivity contribution in [3.05, 3.63) is 48.0 Å². The number of esters is 1. The van der Waals surface area contributed by atoms with Gasteiger partial charge in [-0.2, -0.15) is 0 Å². The van der Waals surface area contributed by atoms with Crippen molar-refractivity contribution in [1.82, 2.24) is 4.72 Å². The molecular formula is C20H27NO3S. The van der Waals surface area contributed by atoms with E-state index in [0.29, 0.717) is 19.3 Å². The maximum Gasteiger partial charge on any atom is 0.305 e. The van der Waals surface area contributed by atoms with Gasteiger partial charge in [-0.15, -0.1) is 0 Å². The largest absolute Gasteiger partial charge is 0.469 e. The van der Waals surface area contributed by atoms with E-state index in [0.717, 1.165) is 5.56 Å². The van der Waals surface area contributed by atoms with Crippen LogP contribution in [0.3, 0.4) is 0 Å². The Morgan fingerprint density at radius 3 is 2.48 bits per heavy atom. The number of hydrogen-bond acceptors (Lipinski definition) is 3. The second-order valence-corrected chi connectivity index (χ2v) is 9.19. The van der Waals surface area contributed by atoms with Crippen molar-refractivity contribution in [2.24, 2.45) is 0 Å². The van der Waals surface area contributed by atoms with Crippen LogP contribution in [0.4, 0.5) is 0 Å². The molecule has 0 saturated heterocycles. The second kappa shape index (κ2) is 8.59. The van der Waals surface area contributed by atoms with Crippen LogP contribution in [-0.2, 0) is 26.9 Å². The number of hydrogen-bond donors (Lipinski definition) is 1. The molecule has 0 radical (unpaired) electrons. The molecule has 0 saturated carbocycles. The fraction of sp³-hybridized carbons (Fsp3) is 0.450. The molecule has 0 aliphatic rings. The van der Waals surface area contributed by atoms with E-state index >= 15 is 0 Å². The normalized spacial score (nSPS) is 14.2. The molecule has 2 rings (SSSR count). The number of benzene rings is 2. The zero-order chi connectivity index (χ0) is 18.4. The van der Waals surface area contributed by atoms with Crippen LogP contribution in [0.15, 0.2) is 42.5 Å². The van der Waals surface area contributed by atoms with Gasteiger partial charge in [-0.1, -0.05) is 42.5 Å². The van der Waals surface area contributed by atoms with Gasteiger partial charge in [-0.3, -0.25) is 4.79 Å². The maximum atomic E-state index is 12.5. The van der Waals surface area contributed by atoms with Crippen LogP contribution >= 0.6 is 0 Å². The van der Waals surface area contributed by atoms with Gasteiger partial charge < -0.3 is 4.74 Å². The first-order valence-electron chi connectivity index (χ1n) is 8.52. The number of rotatable bonds is 7. The Morgan fingerprint density at radius 2 is 1.84 bits per heavy atom. The first kappa shape index (κ1) is 19.6. The summed E-state index contributed by atoms with van der Waals surface area (Å²) in [6.45, 7) is 5.80. The van der Waals surface area contributed by atoms with E-state index in [1.165, 1.54) is 17.9 Å². The summed E-state index contributed by atoms with van der Waals surface area (Å²) in [7, 11) is 0.203. The molecule has 4 nitrogen and oxygen atoms in total. The molecule has 0 aromatic heterocycles. The van der Waals surface area contributed by atoms with Crippen LogP contribution in [0.5, 0.6) is 0 Å². The van der Waals surface area contributed by atoms with Crippen LogP contribution in [0, 0.1) is 0 Å². The first-order chi connectivity index (χ1) is 11.8. The van der Waals surface area contributed by atoms with Crippen molar-refractivity contribution >= 4 is 27.7 Å². The molecule has 0 fully saturated rings. The molecule has 0 amide bonds. The summed E-state index contributed by atoms with van der Waals surface area (Å²) in [5.41, 5.74) is 1.16. The van der Waals surface area contributed by atoms with E-state index in [2.05, 4.69) is 35.1 Å². The van der Waals surface area contributed by atoms with Crippen LogP contribution in [0.2, 0.25) is 0 Å². The fourth-order valence-corrected chi connectivity index (χ4v) is 3.43. The molecule has 0 aliphatic carbocycles. The Bertz CT molecular complexity index is 752. The van der Waals surface area contributed by atoms with Crippen molar-refractivity contribution in [2.75, 3.05) is 7.11 Å². The molecule has 2 atom stereocenters. The van der Waals surface area contributed by atoms with Gasteiger partial charge in [-0.25, -0.2) is 8.93 Å². The van der Waals surface area contributed by atoms with Gasteiger partial charge in [-0.05, 0) is 49.9 Å². The number of carbonyl (C=O) groups excluding carboxylic acids is 1. The smallest absolute Gasteiger partial charge is 0.305 e. The Morgan fingerprint density at radius 1 is 1.16 bits per heavy atom. The van der Waals surface area contributed by atoms with Crippen LogP contribution < -0.4 is 4.72 Å². The fourth-order valence-electron chi connectivity index (χ4n) is 2.58. The summed E-state index contributed by atoms with van der Waals surface area (Å²) >= 11 is 0. The second-order valence-electron chi connectivity index (χ2n) is 7.20. The average Bonchev–Trinajstić information content (AvgIpc) is 2.58. The molecule has 25 heavy (non-hydrogen) atoms. The van der Waals surface area contributed by atoms with Crippen molar-refractivity contribution < 1.29 is 13.7 Å². The number of nitrogens with one attached hydrogen (secondary N) is 1. The van der Waals surface area contributed by atoms with Gasteiger partial charge >= 0.3 is 5.97 Å². The first-order valence-corrected chi connectivity index (χ1v) is 9.67. The quantitative estimate of drug-likeness (QED) is 0.764. The summed E-state index contributed by atoms with van der Waals surface area (Å²) in [5.74, 6) is -0.244. The Balaban J connectivity index is 2.14. The highest BCUT2D eigenvalue weighted by molar-refractivity contribution is 7.84. The van der Waals surface area contributed by atoms with E-state index in [4.69, 9.17) is 4.74 Å². The topological polar surface area (TPSA) is 55.4 Å². The van der Waals surface area contributed by atoms with Crippen LogP contribution in [-0.4, -0.2) is 28.1 Å². The van der Waals surface area contributed by atoms with Crippen molar-refractivity contribution in [3.63, 3.8) is 0 Å². The van der Waals surface area contributed by atoms with E-state index in [1.807, 2.05) is 32.9 Å². The van der Waals surface area contributed by atoms with Crippen molar-refractivity contribution in [2.45, 2.75) is 50.8 Å². The minimum absolute atomic E-state index is 0.0553. The lowest BCUT2D eigenvalue weighted by Gasteiger charge is -2.24. The molecule has 2 aromatic carbocycles. The lowest BCUT2D eigenvalue weighted by atomic mass is 9.99. The van der Waals surface area contributed by atoms with E-state index in [1.54, 1.807) is 0 Å². The predicted molar refractivity (Wildman–Crippen MR) is 104 cm³/mol. The summed E-state index contributed by atoms with van der Waals surface area (Å²) < 4.78 is 20.1. The zero-order valence-corrected chi connectivity index (χ0v) is 16.2. The van der Waals surface area contributed by atoms with Crippen LogP contribution in [0.1, 0.15) is 39.2 Å². The molecule has 2 unspecified atom stereocenters. The number of carbonyl (C=O) groups is 1. The van der Waals surface area contributed by atoms with Crippen molar-refractivity contribution in [3.8, 4) is 0 Å². The highest BCUT2D eigenvalue weighted by atomic mass is 32.2.